The number of hydrogen-bond donors (Lipinski definition) is 1. The molecule has 8 heteroatoms. The highest BCUT2D eigenvalue weighted by molar-refractivity contribution is 7.89. The van der Waals surface area contributed by atoms with E-state index < -0.39 is 10.0 Å². The molecule has 20 heavy (non-hydrogen) atoms. The molecule has 0 radical (unpaired) electrons. The number of carbonyl (C=O) groups is 1. The fourth-order valence-corrected chi connectivity index (χ4v) is 3.92. The van der Waals surface area contributed by atoms with Crippen LogP contribution in [0.2, 0.25) is 0 Å². The smallest absolute Gasteiger partial charge is 0.221 e. The van der Waals surface area contributed by atoms with Gasteiger partial charge in [0.25, 0.3) is 0 Å². The quantitative estimate of drug-likeness (QED) is 0.837. The van der Waals surface area contributed by atoms with Gasteiger partial charge in [-0.25, -0.2) is 8.42 Å². The normalized spacial score (nSPS) is 19.6. The number of nitrogens with one attached hydrogen (secondary N) is 1. The number of aromatic nitrogens is 2. The largest absolute Gasteiger partial charge is 0.359 e. The van der Waals surface area contributed by atoms with Gasteiger partial charge in [0.1, 0.15) is 0 Å². The van der Waals surface area contributed by atoms with Crippen molar-refractivity contribution in [2.75, 3.05) is 19.3 Å². The van der Waals surface area contributed by atoms with E-state index in [4.69, 9.17) is 0 Å². The van der Waals surface area contributed by atoms with Crippen molar-refractivity contribution in [2.24, 2.45) is 0 Å². The predicted molar refractivity (Wildman–Crippen MR) is 74.4 cm³/mol. The highest BCUT2D eigenvalue weighted by atomic mass is 32.2. The molecule has 0 aliphatic carbocycles. The van der Waals surface area contributed by atoms with E-state index in [9.17, 15) is 13.2 Å². The average Bonchev–Trinajstić information content (AvgIpc) is 2.87. The summed E-state index contributed by atoms with van der Waals surface area (Å²) in [5.74, 6) is 0.0135. The lowest BCUT2D eigenvalue weighted by atomic mass is 10.1. The lowest BCUT2D eigenvalue weighted by Gasteiger charge is -2.32. The first-order valence-electron chi connectivity index (χ1n) is 6.68. The molecule has 7 nitrogen and oxygen atoms in total. The van der Waals surface area contributed by atoms with Crippen LogP contribution in [0.3, 0.4) is 0 Å². The second-order valence-corrected chi connectivity index (χ2v) is 7.00. The third-order valence-corrected chi connectivity index (χ3v) is 5.40. The molecule has 1 aromatic heterocycles. The Kier molecular flexibility index (Phi) is 4.44. The maximum Gasteiger partial charge on any atom is 0.221 e. The van der Waals surface area contributed by atoms with Crippen LogP contribution in [0.5, 0.6) is 0 Å². The Morgan fingerprint density at radius 2 is 2.30 bits per heavy atom. The molecule has 1 amide bonds. The van der Waals surface area contributed by atoms with Crippen LogP contribution in [0.1, 0.15) is 31.5 Å². The summed E-state index contributed by atoms with van der Waals surface area (Å²) in [5, 5.41) is 6.77. The molecule has 1 atom stereocenters. The van der Waals surface area contributed by atoms with Crippen molar-refractivity contribution in [2.45, 2.75) is 32.4 Å². The monoisotopic (exact) mass is 300 g/mol. The SMILES string of the molecule is CCCS(=O)(=O)N1Cc2ccnn2C(CC(=O)NC)C1. The maximum atomic E-state index is 12.2. The van der Waals surface area contributed by atoms with Gasteiger partial charge in [-0.1, -0.05) is 6.92 Å². The number of nitrogens with zero attached hydrogens (tertiary/aromatic N) is 3. The molecule has 1 aliphatic heterocycles. The van der Waals surface area contributed by atoms with E-state index in [2.05, 4.69) is 10.4 Å². The van der Waals surface area contributed by atoms with Gasteiger partial charge >= 0.3 is 0 Å². The van der Waals surface area contributed by atoms with Crippen molar-refractivity contribution in [1.82, 2.24) is 19.4 Å². The van der Waals surface area contributed by atoms with Crippen molar-refractivity contribution < 1.29 is 13.2 Å². The van der Waals surface area contributed by atoms with Crippen LogP contribution in [-0.4, -0.2) is 47.8 Å². The summed E-state index contributed by atoms with van der Waals surface area (Å²) in [6.45, 7) is 2.46. The van der Waals surface area contributed by atoms with Crippen LogP contribution < -0.4 is 5.32 Å². The number of sulfonamides is 1. The van der Waals surface area contributed by atoms with Gasteiger partial charge in [-0.05, 0) is 12.5 Å². The van der Waals surface area contributed by atoms with Crippen LogP contribution in [-0.2, 0) is 21.4 Å². The Hall–Kier alpha value is -1.41. The molecule has 0 fully saturated rings. The lowest BCUT2D eigenvalue weighted by Crippen LogP contribution is -2.43. The van der Waals surface area contributed by atoms with E-state index >= 15 is 0 Å². The summed E-state index contributed by atoms with van der Waals surface area (Å²) < 4.78 is 27.6. The molecule has 0 saturated heterocycles. The Balaban J connectivity index is 2.24. The molecule has 1 aromatic rings. The minimum atomic E-state index is -3.27. The maximum absolute atomic E-state index is 12.2. The molecule has 112 valence electrons. The summed E-state index contributed by atoms with van der Waals surface area (Å²) in [7, 11) is -1.70. The van der Waals surface area contributed by atoms with E-state index in [1.54, 1.807) is 24.0 Å². The molecule has 0 spiro atoms. The predicted octanol–water partition coefficient (Wildman–Crippen LogP) is 0.116. The van der Waals surface area contributed by atoms with Gasteiger partial charge in [0.05, 0.1) is 30.5 Å². The molecular weight excluding hydrogens is 280 g/mol. The highest BCUT2D eigenvalue weighted by Crippen LogP contribution is 2.25. The zero-order valence-electron chi connectivity index (χ0n) is 11.7. The van der Waals surface area contributed by atoms with E-state index in [1.807, 2.05) is 6.92 Å². The standard InChI is InChI=1S/C12H20N4O3S/c1-3-6-20(18,19)15-8-10-4-5-14-16(10)11(9-15)7-12(17)13-2/h4-5,11H,3,6-9H2,1-2H3,(H,13,17). The number of rotatable bonds is 5. The van der Waals surface area contributed by atoms with E-state index in [0.717, 1.165) is 5.69 Å². The Morgan fingerprint density at radius 3 is 2.95 bits per heavy atom. The van der Waals surface area contributed by atoms with Crippen molar-refractivity contribution in [3.8, 4) is 0 Å². The zero-order chi connectivity index (χ0) is 14.8. The molecule has 0 bridgehead atoms. The van der Waals surface area contributed by atoms with Gasteiger partial charge in [-0.3, -0.25) is 9.48 Å². The van der Waals surface area contributed by atoms with Gasteiger partial charge in [0, 0.05) is 19.8 Å². The Morgan fingerprint density at radius 1 is 1.55 bits per heavy atom. The van der Waals surface area contributed by atoms with Gasteiger partial charge in [0.15, 0.2) is 0 Å². The van der Waals surface area contributed by atoms with Gasteiger partial charge in [0.2, 0.25) is 15.9 Å². The van der Waals surface area contributed by atoms with E-state index in [1.165, 1.54) is 4.31 Å². The van der Waals surface area contributed by atoms with Crippen molar-refractivity contribution >= 4 is 15.9 Å². The summed E-state index contributed by atoms with van der Waals surface area (Å²) in [6, 6.07) is 1.55. The van der Waals surface area contributed by atoms with Crippen LogP contribution in [0.15, 0.2) is 12.3 Å². The Bertz CT molecular complexity index is 581. The van der Waals surface area contributed by atoms with Gasteiger partial charge in [-0.15, -0.1) is 0 Å². The van der Waals surface area contributed by atoms with E-state index in [-0.39, 0.29) is 24.1 Å². The molecule has 0 aromatic carbocycles. The molecular formula is C12H20N4O3S. The molecule has 2 heterocycles. The highest BCUT2D eigenvalue weighted by Gasteiger charge is 2.33. The van der Waals surface area contributed by atoms with Crippen LogP contribution in [0.4, 0.5) is 0 Å². The number of hydrogen-bond acceptors (Lipinski definition) is 4. The van der Waals surface area contributed by atoms with Gasteiger partial charge in [-0.2, -0.15) is 9.40 Å². The second kappa shape index (κ2) is 5.92. The third kappa shape index (κ3) is 3.01. The minimum Gasteiger partial charge on any atom is -0.359 e. The lowest BCUT2D eigenvalue weighted by molar-refractivity contribution is -0.121. The summed E-state index contributed by atoms with van der Waals surface area (Å²) in [6.07, 6.45) is 2.45. The molecule has 0 saturated carbocycles. The van der Waals surface area contributed by atoms with Crippen molar-refractivity contribution in [3.63, 3.8) is 0 Å². The van der Waals surface area contributed by atoms with Crippen LogP contribution in [0.25, 0.3) is 0 Å². The van der Waals surface area contributed by atoms with Crippen molar-refractivity contribution in [3.05, 3.63) is 18.0 Å². The fraction of sp³-hybridized carbons (Fsp3) is 0.667. The first-order valence-corrected chi connectivity index (χ1v) is 8.29. The molecule has 1 aliphatic rings. The summed E-state index contributed by atoms with van der Waals surface area (Å²) in [5.41, 5.74) is 0.824. The third-order valence-electron chi connectivity index (χ3n) is 3.41. The van der Waals surface area contributed by atoms with Crippen LogP contribution in [0, 0.1) is 0 Å². The van der Waals surface area contributed by atoms with Gasteiger partial charge < -0.3 is 5.32 Å². The number of amides is 1. The van der Waals surface area contributed by atoms with Crippen LogP contribution >= 0.6 is 0 Å². The molecule has 1 unspecified atom stereocenters. The molecule has 2 rings (SSSR count). The van der Waals surface area contributed by atoms with E-state index in [0.29, 0.717) is 19.5 Å². The summed E-state index contributed by atoms with van der Waals surface area (Å²) >= 11 is 0. The summed E-state index contributed by atoms with van der Waals surface area (Å²) in [4.78, 5) is 11.6. The average molecular weight is 300 g/mol. The minimum absolute atomic E-state index is 0.119. The number of carbonyl (C=O) groups excluding carboxylic acids is 1. The topological polar surface area (TPSA) is 84.3 Å². The molecule has 1 N–H and O–H groups in total. The second-order valence-electron chi connectivity index (χ2n) is 4.91. The van der Waals surface area contributed by atoms with Crippen molar-refractivity contribution in [1.29, 1.82) is 0 Å². The number of fused-ring (bicyclic) bond motifs is 1. The first-order chi connectivity index (χ1) is 9.47. The Labute approximate surface area is 119 Å². The fourth-order valence-electron chi connectivity index (χ4n) is 2.42. The first kappa shape index (κ1) is 15.0. The zero-order valence-corrected chi connectivity index (χ0v) is 12.6.